The summed E-state index contributed by atoms with van der Waals surface area (Å²) < 4.78 is 46.4. The van der Waals surface area contributed by atoms with Crippen LogP contribution in [0.3, 0.4) is 0 Å². The van der Waals surface area contributed by atoms with Crippen LogP contribution in [-0.2, 0) is 14.3 Å². The van der Waals surface area contributed by atoms with E-state index in [4.69, 9.17) is 4.74 Å². The Morgan fingerprint density at radius 1 is 1.06 bits per heavy atom. The Hall–Kier alpha value is -4.15. The average Bonchev–Trinajstić information content (AvgIpc) is 3.33. The summed E-state index contributed by atoms with van der Waals surface area (Å²) in [5.41, 5.74) is 0.342. The number of benzene rings is 2. The minimum absolute atomic E-state index is 0.201. The first-order chi connectivity index (χ1) is 15.3. The van der Waals surface area contributed by atoms with Crippen molar-refractivity contribution < 1.29 is 32.3 Å². The van der Waals surface area contributed by atoms with Gasteiger partial charge in [-0.1, -0.05) is 0 Å². The van der Waals surface area contributed by atoms with Gasteiger partial charge >= 0.3 is 5.97 Å². The fourth-order valence-electron chi connectivity index (χ4n) is 2.58. The lowest BCUT2D eigenvalue weighted by atomic mass is 10.2. The molecule has 32 heavy (non-hydrogen) atoms. The van der Waals surface area contributed by atoms with Crippen molar-refractivity contribution in [1.29, 1.82) is 0 Å². The van der Waals surface area contributed by atoms with Crippen molar-refractivity contribution in [1.82, 2.24) is 15.1 Å². The van der Waals surface area contributed by atoms with Crippen LogP contribution in [-0.4, -0.2) is 40.2 Å². The third kappa shape index (κ3) is 5.31. The first kappa shape index (κ1) is 22.5. The summed E-state index contributed by atoms with van der Waals surface area (Å²) in [7, 11) is 0. The Balaban J connectivity index is 1.49. The van der Waals surface area contributed by atoms with E-state index in [0.717, 1.165) is 11.8 Å². The van der Waals surface area contributed by atoms with Crippen molar-refractivity contribution in [2.75, 3.05) is 11.9 Å². The number of rotatable bonds is 7. The summed E-state index contributed by atoms with van der Waals surface area (Å²) in [6, 6.07) is 9.55. The fraction of sp³-hybridized carbons (Fsp3) is 0.143. The third-order valence-electron chi connectivity index (χ3n) is 4.26. The maximum Gasteiger partial charge on any atom is 0.338 e. The molecule has 1 heterocycles. The molecule has 0 bridgehead atoms. The van der Waals surface area contributed by atoms with Crippen LogP contribution in [0.2, 0.25) is 0 Å². The zero-order valence-corrected chi connectivity index (χ0v) is 16.6. The highest BCUT2D eigenvalue weighted by molar-refractivity contribution is 5.96. The van der Waals surface area contributed by atoms with Gasteiger partial charge in [0.05, 0.1) is 23.5 Å². The molecule has 2 amide bonds. The van der Waals surface area contributed by atoms with Gasteiger partial charge in [0.15, 0.2) is 23.6 Å². The van der Waals surface area contributed by atoms with Crippen LogP contribution in [0.25, 0.3) is 5.69 Å². The van der Waals surface area contributed by atoms with Gasteiger partial charge in [-0.3, -0.25) is 9.59 Å². The lowest BCUT2D eigenvalue weighted by Gasteiger charge is -2.14. The van der Waals surface area contributed by atoms with Gasteiger partial charge < -0.3 is 15.4 Å². The summed E-state index contributed by atoms with van der Waals surface area (Å²) in [4.78, 5) is 36.1. The van der Waals surface area contributed by atoms with Crippen molar-refractivity contribution in [2.24, 2.45) is 0 Å². The number of carbonyl (C=O) groups excluding carboxylic acids is 3. The van der Waals surface area contributed by atoms with Gasteiger partial charge in [-0.25, -0.2) is 22.6 Å². The third-order valence-corrected chi connectivity index (χ3v) is 4.26. The molecule has 0 aliphatic carbocycles. The van der Waals surface area contributed by atoms with Crippen LogP contribution in [0.15, 0.2) is 54.9 Å². The van der Waals surface area contributed by atoms with Crippen LogP contribution >= 0.6 is 0 Å². The van der Waals surface area contributed by atoms with Gasteiger partial charge in [-0.05, 0) is 49.4 Å². The summed E-state index contributed by atoms with van der Waals surface area (Å²) in [6.45, 7) is 0.690. The number of anilines is 1. The summed E-state index contributed by atoms with van der Waals surface area (Å²) in [5, 5.41) is 8.27. The smallest absolute Gasteiger partial charge is 0.338 e. The molecule has 3 aromatic rings. The number of esters is 1. The molecule has 0 aliphatic rings. The highest BCUT2D eigenvalue weighted by Gasteiger charge is 2.20. The average molecular weight is 446 g/mol. The number of nitrogens with zero attached hydrogens (tertiary/aromatic N) is 2. The minimum Gasteiger partial charge on any atom is -0.449 e. The Morgan fingerprint density at radius 3 is 2.44 bits per heavy atom. The van der Waals surface area contributed by atoms with Gasteiger partial charge in [0.1, 0.15) is 0 Å². The highest BCUT2D eigenvalue weighted by Crippen LogP contribution is 2.19. The second-order valence-electron chi connectivity index (χ2n) is 6.53. The van der Waals surface area contributed by atoms with E-state index in [1.807, 2.05) is 5.32 Å². The standard InChI is InChI=1S/C21H17F3N4O4/c1-12(32-21(31)13-3-5-14(6-4-13)28-10-2-9-26-28)20(30)25-11-17(29)27-16-8-7-15(22)18(23)19(16)24/h2-10,12H,11H2,1H3,(H,25,30)(H,27,29). The number of aromatic nitrogens is 2. The SMILES string of the molecule is CC(OC(=O)c1ccc(-n2cccn2)cc1)C(=O)NCC(=O)Nc1ccc(F)c(F)c1F. The highest BCUT2D eigenvalue weighted by atomic mass is 19.2. The molecule has 3 rings (SSSR count). The molecule has 0 spiro atoms. The molecule has 0 saturated carbocycles. The molecule has 2 aromatic carbocycles. The van der Waals surface area contributed by atoms with Gasteiger partial charge in [0.25, 0.3) is 5.91 Å². The van der Waals surface area contributed by atoms with E-state index >= 15 is 0 Å². The molecule has 0 saturated heterocycles. The molecule has 0 radical (unpaired) electrons. The van der Waals surface area contributed by atoms with Crippen molar-refractivity contribution in [3.05, 3.63) is 77.9 Å². The van der Waals surface area contributed by atoms with Crippen LogP contribution in [0.1, 0.15) is 17.3 Å². The predicted octanol–water partition coefficient (Wildman–Crippen LogP) is 2.59. The number of hydrogen-bond donors (Lipinski definition) is 2. The molecule has 2 N–H and O–H groups in total. The topological polar surface area (TPSA) is 102 Å². The molecule has 1 unspecified atom stereocenters. The lowest BCUT2D eigenvalue weighted by molar-refractivity contribution is -0.130. The fourth-order valence-corrected chi connectivity index (χ4v) is 2.58. The normalized spacial score (nSPS) is 11.5. The molecular formula is C21H17F3N4O4. The van der Waals surface area contributed by atoms with Crippen LogP contribution in [0.5, 0.6) is 0 Å². The van der Waals surface area contributed by atoms with Crippen LogP contribution in [0.4, 0.5) is 18.9 Å². The van der Waals surface area contributed by atoms with E-state index in [-0.39, 0.29) is 5.56 Å². The second kappa shape index (κ2) is 9.77. The molecule has 1 aromatic heterocycles. The minimum atomic E-state index is -1.73. The molecule has 11 heteroatoms. The maximum atomic E-state index is 13.6. The first-order valence-electron chi connectivity index (χ1n) is 9.28. The molecular weight excluding hydrogens is 429 g/mol. The molecule has 8 nitrogen and oxygen atoms in total. The Morgan fingerprint density at radius 2 is 1.78 bits per heavy atom. The zero-order chi connectivity index (χ0) is 23.3. The number of amides is 2. The number of hydrogen-bond acceptors (Lipinski definition) is 5. The number of carbonyl (C=O) groups is 3. The molecule has 1 atom stereocenters. The van der Waals surface area contributed by atoms with Crippen molar-refractivity contribution in [2.45, 2.75) is 13.0 Å². The summed E-state index contributed by atoms with van der Waals surface area (Å²) >= 11 is 0. The van der Waals surface area contributed by atoms with Gasteiger partial charge in [-0.15, -0.1) is 0 Å². The van der Waals surface area contributed by atoms with Gasteiger partial charge in [-0.2, -0.15) is 5.10 Å². The maximum absolute atomic E-state index is 13.6. The Bertz CT molecular complexity index is 1130. The largest absolute Gasteiger partial charge is 0.449 e. The van der Waals surface area contributed by atoms with E-state index in [0.29, 0.717) is 6.07 Å². The van der Waals surface area contributed by atoms with E-state index in [1.54, 1.807) is 35.3 Å². The first-order valence-corrected chi connectivity index (χ1v) is 9.28. The number of nitrogens with one attached hydrogen (secondary N) is 2. The van der Waals surface area contributed by atoms with Crippen LogP contribution < -0.4 is 10.6 Å². The number of halogens is 3. The molecule has 0 aliphatic heterocycles. The quantitative estimate of drug-likeness (QED) is 0.429. The lowest BCUT2D eigenvalue weighted by Crippen LogP contribution is -2.40. The summed E-state index contributed by atoms with van der Waals surface area (Å²) in [6.07, 6.45) is 2.11. The second-order valence-corrected chi connectivity index (χ2v) is 6.53. The van der Waals surface area contributed by atoms with Gasteiger partial charge in [0.2, 0.25) is 5.91 Å². The molecule has 0 fully saturated rings. The van der Waals surface area contributed by atoms with E-state index < -0.39 is 53.6 Å². The van der Waals surface area contributed by atoms with E-state index in [1.165, 1.54) is 19.1 Å². The van der Waals surface area contributed by atoms with Gasteiger partial charge in [0, 0.05) is 12.4 Å². The monoisotopic (exact) mass is 446 g/mol. The van der Waals surface area contributed by atoms with E-state index in [9.17, 15) is 27.6 Å². The van der Waals surface area contributed by atoms with Crippen LogP contribution in [0, 0.1) is 17.5 Å². The van der Waals surface area contributed by atoms with Crippen molar-refractivity contribution in [3.63, 3.8) is 0 Å². The predicted molar refractivity (Wildman–Crippen MR) is 106 cm³/mol. The Labute approximate surface area is 180 Å². The Kier molecular flexibility index (Phi) is 6.88. The number of ether oxygens (including phenoxy) is 1. The molecule has 166 valence electrons. The van der Waals surface area contributed by atoms with E-state index in [2.05, 4.69) is 10.4 Å². The zero-order valence-electron chi connectivity index (χ0n) is 16.6. The van der Waals surface area contributed by atoms with Crippen molar-refractivity contribution in [3.8, 4) is 5.69 Å². The summed E-state index contributed by atoms with van der Waals surface area (Å²) in [5.74, 6) is -7.13. The van der Waals surface area contributed by atoms with Crippen molar-refractivity contribution >= 4 is 23.5 Å².